The first-order valence-electron chi connectivity index (χ1n) is 10.6. The molecule has 0 saturated heterocycles. The third-order valence-corrected chi connectivity index (χ3v) is 5.81. The van der Waals surface area contributed by atoms with E-state index >= 15 is 0 Å². The number of ether oxygens (including phenoxy) is 2. The molecule has 1 aromatic carbocycles. The highest BCUT2D eigenvalue weighted by molar-refractivity contribution is 5.63. The molecular formula is C25H26N2O4. The minimum Gasteiger partial charge on any atom is -0.493 e. The van der Waals surface area contributed by atoms with E-state index in [0.29, 0.717) is 0 Å². The van der Waals surface area contributed by atoms with E-state index in [2.05, 4.69) is 29.3 Å². The number of hydrogen-bond donors (Lipinski definition) is 0. The molecule has 0 spiro atoms. The zero-order valence-electron chi connectivity index (χ0n) is 17.5. The second-order valence-electron chi connectivity index (χ2n) is 7.83. The molecule has 2 aromatic rings. The zero-order chi connectivity index (χ0) is 21.6. The SMILES string of the molecule is COc1cccc(/C=C/C2C=CC=CC2c2ccc([N+](=O)[O-])cn2)c1OC1CCCC1. The van der Waals surface area contributed by atoms with Gasteiger partial charge in [-0.15, -0.1) is 0 Å². The molecule has 160 valence electrons. The number of nitro groups is 1. The van der Waals surface area contributed by atoms with Crippen LogP contribution in [0.3, 0.4) is 0 Å². The minimum absolute atomic E-state index is 0.00347. The normalized spacial score (nSPS) is 20.9. The van der Waals surface area contributed by atoms with E-state index in [0.717, 1.165) is 35.6 Å². The molecule has 2 aliphatic rings. The highest BCUT2D eigenvalue weighted by atomic mass is 16.6. The summed E-state index contributed by atoms with van der Waals surface area (Å²) >= 11 is 0. The fourth-order valence-corrected chi connectivity index (χ4v) is 4.15. The standard InChI is InChI=1S/C25H26N2O4/c1-30-24-12-6-8-19(25(24)31-21-9-3-4-10-21)14-13-18-7-2-5-11-22(18)23-16-15-20(17-26-23)27(28)29/h2,5-8,11-18,21-22H,3-4,9-10H2,1H3/b14-13+. The van der Waals surface area contributed by atoms with Gasteiger partial charge in [-0.3, -0.25) is 15.1 Å². The van der Waals surface area contributed by atoms with Crippen LogP contribution in [0.1, 0.15) is 42.9 Å². The molecule has 0 amide bonds. The van der Waals surface area contributed by atoms with Gasteiger partial charge >= 0.3 is 0 Å². The van der Waals surface area contributed by atoms with Crippen LogP contribution in [0.25, 0.3) is 6.08 Å². The molecule has 1 saturated carbocycles. The van der Waals surface area contributed by atoms with Crippen LogP contribution in [0.15, 0.2) is 66.9 Å². The maximum absolute atomic E-state index is 10.9. The summed E-state index contributed by atoms with van der Waals surface area (Å²) in [7, 11) is 1.66. The van der Waals surface area contributed by atoms with Gasteiger partial charge in [0.15, 0.2) is 11.5 Å². The van der Waals surface area contributed by atoms with Crippen molar-refractivity contribution < 1.29 is 14.4 Å². The molecule has 6 heteroatoms. The summed E-state index contributed by atoms with van der Waals surface area (Å²) < 4.78 is 11.9. The summed E-state index contributed by atoms with van der Waals surface area (Å²) in [5, 5.41) is 10.9. The molecule has 2 atom stereocenters. The van der Waals surface area contributed by atoms with Gasteiger partial charge in [0.25, 0.3) is 5.69 Å². The number of pyridine rings is 1. The highest BCUT2D eigenvalue weighted by Gasteiger charge is 2.22. The lowest BCUT2D eigenvalue weighted by Gasteiger charge is -2.21. The fraction of sp³-hybridized carbons (Fsp3) is 0.320. The number of benzene rings is 1. The number of aromatic nitrogens is 1. The first-order valence-corrected chi connectivity index (χ1v) is 10.6. The minimum atomic E-state index is -0.431. The quantitative estimate of drug-likeness (QED) is 0.416. The number of nitrogens with zero attached hydrogens (tertiary/aromatic N) is 2. The molecule has 1 heterocycles. The summed E-state index contributed by atoms with van der Waals surface area (Å²) in [5.41, 5.74) is 1.77. The monoisotopic (exact) mass is 418 g/mol. The molecule has 0 aliphatic heterocycles. The smallest absolute Gasteiger partial charge is 0.287 e. The number of para-hydroxylation sites is 1. The van der Waals surface area contributed by atoms with E-state index in [4.69, 9.17) is 9.47 Å². The Bertz CT molecular complexity index is 1000. The molecule has 4 rings (SSSR count). The molecule has 31 heavy (non-hydrogen) atoms. The fourth-order valence-electron chi connectivity index (χ4n) is 4.15. The highest BCUT2D eigenvalue weighted by Crippen LogP contribution is 2.37. The van der Waals surface area contributed by atoms with Gasteiger partial charge in [-0.2, -0.15) is 0 Å². The Labute approximate surface area is 182 Å². The average Bonchev–Trinajstić information content (AvgIpc) is 3.32. The van der Waals surface area contributed by atoms with E-state index in [1.165, 1.54) is 25.1 Å². The van der Waals surface area contributed by atoms with Crippen molar-refractivity contribution in [3.63, 3.8) is 0 Å². The molecule has 2 aliphatic carbocycles. The Balaban J connectivity index is 1.58. The predicted octanol–water partition coefficient (Wildman–Crippen LogP) is 5.86. The van der Waals surface area contributed by atoms with Crippen molar-refractivity contribution in [1.82, 2.24) is 4.98 Å². The van der Waals surface area contributed by atoms with Crippen molar-refractivity contribution in [2.45, 2.75) is 37.7 Å². The Morgan fingerprint density at radius 2 is 1.94 bits per heavy atom. The Hall–Kier alpha value is -3.41. The summed E-state index contributed by atoms with van der Waals surface area (Å²) in [5.74, 6) is 1.60. The lowest BCUT2D eigenvalue weighted by atomic mass is 9.85. The first-order chi connectivity index (χ1) is 15.2. The Morgan fingerprint density at radius 3 is 2.65 bits per heavy atom. The van der Waals surface area contributed by atoms with E-state index in [9.17, 15) is 10.1 Å². The third kappa shape index (κ3) is 4.85. The first kappa shape index (κ1) is 20.8. The number of allylic oxidation sites excluding steroid dienone is 5. The van der Waals surface area contributed by atoms with E-state index in [-0.39, 0.29) is 23.6 Å². The lowest BCUT2D eigenvalue weighted by Crippen LogP contribution is -2.12. The van der Waals surface area contributed by atoms with Crippen molar-refractivity contribution in [1.29, 1.82) is 0 Å². The summed E-state index contributed by atoms with van der Waals surface area (Å²) in [6, 6.07) is 9.16. The van der Waals surface area contributed by atoms with Gasteiger partial charge in [0.05, 0.1) is 18.1 Å². The van der Waals surface area contributed by atoms with Crippen molar-refractivity contribution in [2.75, 3.05) is 7.11 Å². The van der Waals surface area contributed by atoms with Crippen LogP contribution in [0.5, 0.6) is 11.5 Å². The van der Waals surface area contributed by atoms with Gasteiger partial charge in [-0.1, -0.05) is 48.6 Å². The maximum Gasteiger partial charge on any atom is 0.287 e. The topological polar surface area (TPSA) is 74.5 Å². The number of rotatable bonds is 7. The molecule has 2 unspecified atom stereocenters. The lowest BCUT2D eigenvalue weighted by molar-refractivity contribution is -0.385. The molecule has 0 radical (unpaired) electrons. The van der Waals surface area contributed by atoms with Crippen LogP contribution in [-0.4, -0.2) is 23.1 Å². The summed E-state index contributed by atoms with van der Waals surface area (Å²) in [4.78, 5) is 14.8. The Morgan fingerprint density at radius 1 is 1.13 bits per heavy atom. The zero-order valence-corrected chi connectivity index (χ0v) is 17.5. The van der Waals surface area contributed by atoms with E-state index < -0.39 is 4.92 Å². The van der Waals surface area contributed by atoms with Crippen LogP contribution in [-0.2, 0) is 0 Å². The van der Waals surface area contributed by atoms with Gasteiger partial charge in [-0.25, -0.2) is 0 Å². The predicted molar refractivity (Wildman–Crippen MR) is 120 cm³/mol. The Kier molecular flexibility index (Phi) is 6.46. The summed E-state index contributed by atoms with van der Waals surface area (Å²) in [6.45, 7) is 0. The molecule has 0 bridgehead atoms. The summed E-state index contributed by atoms with van der Waals surface area (Å²) in [6.07, 6.45) is 18.5. The van der Waals surface area contributed by atoms with E-state index in [1.807, 2.05) is 30.4 Å². The van der Waals surface area contributed by atoms with Crippen molar-refractivity contribution in [2.24, 2.45) is 5.92 Å². The molecule has 0 N–H and O–H groups in total. The van der Waals surface area contributed by atoms with Crippen molar-refractivity contribution in [3.8, 4) is 11.5 Å². The molecule has 1 aromatic heterocycles. The molecule has 6 nitrogen and oxygen atoms in total. The van der Waals surface area contributed by atoms with Crippen molar-refractivity contribution >= 4 is 11.8 Å². The van der Waals surface area contributed by atoms with Gasteiger partial charge in [-0.05, 0) is 37.8 Å². The average molecular weight is 418 g/mol. The molecule has 1 fully saturated rings. The van der Waals surface area contributed by atoms with Gasteiger partial charge in [0, 0.05) is 29.2 Å². The second kappa shape index (κ2) is 9.60. The van der Waals surface area contributed by atoms with Crippen LogP contribution in [0.4, 0.5) is 5.69 Å². The number of methoxy groups -OCH3 is 1. The van der Waals surface area contributed by atoms with E-state index in [1.54, 1.807) is 13.2 Å². The third-order valence-electron chi connectivity index (χ3n) is 5.81. The van der Waals surface area contributed by atoms with Crippen LogP contribution in [0.2, 0.25) is 0 Å². The van der Waals surface area contributed by atoms with Crippen LogP contribution in [0, 0.1) is 16.0 Å². The van der Waals surface area contributed by atoms with Crippen molar-refractivity contribution in [3.05, 3.63) is 88.3 Å². The van der Waals surface area contributed by atoms with Gasteiger partial charge < -0.3 is 9.47 Å². The second-order valence-corrected chi connectivity index (χ2v) is 7.83. The van der Waals surface area contributed by atoms with Gasteiger partial charge in [0.2, 0.25) is 0 Å². The van der Waals surface area contributed by atoms with Gasteiger partial charge in [0.1, 0.15) is 6.20 Å². The molecular weight excluding hydrogens is 392 g/mol. The largest absolute Gasteiger partial charge is 0.493 e. The maximum atomic E-state index is 10.9. The van der Waals surface area contributed by atoms with Crippen LogP contribution < -0.4 is 9.47 Å². The van der Waals surface area contributed by atoms with Crippen LogP contribution >= 0.6 is 0 Å². The number of hydrogen-bond acceptors (Lipinski definition) is 5.